The first-order chi connectivity index (χ1) is 8.68. The summed E-state index contributed by atoms with van der Waals surface area (Å²) in [6.45, 7) is 0. The minimum atomic E-state index is -0.758. The molecule has 0 bridgehead atoms. The Balaban J connectivity index is 1.56. The maximum Gasteiger partial charge on any atom is 0.308 e. The molecular weight excluding hydrogens is 230 g/mol. The summed E-state index contributed by atoms with van der Waals surface area (Å²) < 4.78 is 0. The Hall–Kier alpha value is -1.06. The van der Waals surface area contributed by atoms with Crippen molar-refractivity contribution in [2.45, 2.75) is 51.0 Å². The lowest BCUT2D eigenvalue weighted by molar-refractivity contribution is -0.142. The number of hydrogen-bond donors (Lipinski definition) is 2. The SMILES string of the molecule is O=C(N[C@H]1CCC[C@H]1C(=O)O)C1C2CCCCC21. The molecule has 0 aromatic carbocycles. The highest BCUT2D eigenvalue weighted by Gasteiger charge is 2.55. The maximum atomic E-state index is 12.2. The van der Waals surface area contributed by atoms with Gasteiger partial charge in [-0.3, -0.25) is 9.59 Å². The molecule has 18 heavy (non-hydrogen) atoms. The van der Waals surface area contributed by atoms with Crippen molar-refractivity contribution in [3.8, 4) is 0 Å². The number of carbonyl (C=O) groups is 2. The molecule has 0 spiro atoms. The van der Waals surface area contributed by atoms with Crippen LogP contribution in [0.4, 0.5) is 0 Å². The Morgan fingerprint density at radius 3 is 2.22 bits per heavy atom. The summed E-state index contributed by atoms with van der Waals surface area (Å²) in [5.74, 6) is 0.403. The Labute approximate surface area is 107 Å². The van der Waals surface area contributed by atoms with Crippen molar-refractivity contribution in [2.75, 3.05) is 0 Å². The summed E-state index contributed by atoms with van der Waals surface area (Å²) in [7, 11) is 0. The van der Waals surface area contributed by atoms with Gasteiger partial charge < -0.3 is 10.4 Å². The third-order valence-electron chi connectivity index (χ3n) is 5.12. The van der Waals surface area contributed by atoms with E-state index < -0.39 is 5.97 Å². The maximum absolute atomic E-state index is 12.2. The van der Waals surface area contributed by atoms with Crippen LogP contribution in [0, 0.1) is 23.7 Å². The van der Waals surface area contributed by atoms with E-state index in [2.05, 4.69) is 5.32 Å². The molecule has 0 aromatic heterocycles. The monoisotopic (exact) mass is 251 g/mol. The molecule has 2 N–H and O–H groups in total. The van der Waals surface area contributed by atoms with Crippen LogP contribution >= 0.6 is 0 Å². The lowest BCUT2D eigenvalue weighted by Crippen LogP contribution is -2.41. The molecule has 4 nitrogen and oxygen atoms in total. The van der Waals surface area contributed by atoms with Gasteiger partial charge in [0.05, 0.1) is 5.92 Å². The summed E-state index contributed by atoms with van der Waals surface area (Å²) in [4.78, 5) is 23.3. The van der Waals surface area contributed by atoms with Crippen LogP contribution in [0.15, 0.2) is 0 Å². The van der Waals surface area contributed by atoms with E-state index in [-0.39, 0.29) is 23.8 Å². The lowest BCUT2D eigenvalue weighted by atomic mass is 10.0. The molecule has 3 rings (SSSR count). The fourth-order valence-electron chi connectivity index (χ4n) is 4.09. The standard InChI is InChI=1S/C14H21NO3/c16-13(12-8-4-1-2-5-9(8)12)15-11-7-3-6-10(11)14(17)18/h8-12H,1-7H2,(H,15,16)(H,17,18)/t8?,9?,10-,11+,12?/m1/s1. The number of aliphatic carboxylic acids is 1. The summed E-state index contributed by atoms with van der Waals surface area (Å²) >= 11 is 0. The predicted octanol–water partition coefficient (Wildman–Crippen LogP) is 1.79. The van der Waals surface area contributed by atoms with Gasteiger partial charge in [-0.2, -0.15) is 0 Å². The molecule has 0 heterocycles. The first-order valence-corrected chi connectivity index (χ1v) is 7.21. The van der Waals surface area contributed by atoms with E-state index in [0.717, 1.165) is 12.8 Å². The third kappa shape index (κ3) is 2.02. The van der Waals surface area contributed by atoms with Crippen molar-refractivity contribution in [1.29, 1.82) is 0 Å². The molecule has 3 saturated carbocycles. The van der Waals surface area contributed by atoms with Crippen molar-refractivity contribution in [1.82, 2.24) is 5.32 Å². The number of hydrogen-bond acceptors (Lipinski definition) is 2. The molecule has 0 radical (unpaired) electrons. The molecule has 4 atom stereocenters. The second-order valence-corrected chi connectivity index (χ2v) is 6.13. The molecule has 100 valence electrons. The first kappa shape index (κ1) is 12.0. The van der Waals surface area contributed by atoms with Crippen molar-refractivity contribution >= 4 is 11.9 Å². The highest BCUT2D eigenvalue weighted by molar-refractivity contribution is 5.83. The fraction of sp³-hybridized carbons (Fsp3) is 0.857. The highest BCUT2D eigenvalue weighted by Crippen LogP contribution is 2.55. The van der Waals surface area contributed by atoms with Crippen molar-refractivity contribution in [3.63, 3.8) is 0 Å². The molecule has 0 aromatic rings. The largest absolute Gasteiger partial charge is 0.481 e. The van der Waals surface area contributed by atoms with Crippen LogP contribution in [0.25, 0.3) is 0 Å². The highest BCUT2D eigenvalue weighted by atomic mass is 16.4. The second-order valence-electron chi connectivity index (χ2n) is 6.13. The number of amides is 1. The molecule has 1 amide bonds. The van der Waals surface area contributed by atoms with Gasteiger partial charge in [0, 0.05) is 12.0 Å². The van der Waals surface area contributed by atoms with E-state index in [9.17, 15) is 9.59 Å². The average Bonchev–Trinajstić information content (AvgIpc) is 2.90. The van der Waals surface area contributed by atoms with Crippen LogP contribution < -0.4 is 5.32 Å². The quantitative estimate of drug-likeness (QED) is 0.803. The topological polar surface area (TPSA) is 66.4 Å². The summed E-state index contributed by atoms with van der Waals surface area (Å²) in [6.07, 6.45) is 7.34. The van der Waals surface area contributed by atoms with Crippen LogP contribution in [0.5, 0.6) is 0 Å². The van der Waals surface area contributed by atoms with Gasteiger partial charge in [-0.05, 0) is 37.5 Å². The second kappa shape index (κ2) is 4.56. The van der Waals surface area contributed by atoms with E-state index in [0.29, 0.717) is 18.3 Å². The number of nitrogens with one attached hydrogen (secondary N) is 1. The van der Waals surface area contributed by atoms with E-state index in [1.165, 1.54) is 25.7 Å². The summed E-state index contributed by atoms with van der Waals surface area (Å²) in [5, 5.41) is 12.1. The Morgan fingerprint density at radius 2 is 1.61 bits per heavy atom. The van der Waals surface area contributed by atoms with E-state index in [4.69, 9.17) is 5.11 Å². The Morgan fingerprint density at radius 1 is 0.944 bits per heavy atom. The molecule has 3 aliphatic carbocycles. The molecule has 3 aliphatic rings. The molecule has 0 saturated heterocycles. The minimum absolute atomic E-state index is 0.127. The Kier molecular flexibility index (Phi) is 3.04. The van der Waals surface area contributed by atoms with Gasteiger partial charge in [-0.25, -0.2) is 0 Å². The average molecular weight is 251 g/mol. The van der Waals surface area contributed by atoms with Crippen LogP contribution in [-0.2, 0) is 9.59 Å². The molecule has 2 unspecified atom stereocenters. The van der Waals surface area contributed by atoms with E-state index in [1.54, 1.807) is 0 Å². The number of carboxylic acids is 1. The van der Waals surface area contributed by atoms with E-state index >= 15 is 0 Å². The third-order valence-corrected chi connectivity index (χ3v) is 5.12. The predicted molar refractivity (Wildman–Crippen MR) is 65.8 cm³/mol. The van der Waals surface area contributed by atoms with Gasteiger partial charge in [0.15, 0.2) is 0 Å². The zero-order chi connectivity index (χ0) is 12.7. The van der Waals surface area contributed by atoms with Crippen molar-refractivity contribution in [2.24, 2.45) is 23.7 Å². The molecule has 3 fully saturated rings. The lowest BCUT2D eigenvalue weighted by Gasteiger charge is -2.17. The van der Waals surface area contributed by atoms with Crippen LogP contribution in [0.3, 0.4) is 0 Å². The van der Waals surface area contributed by atoms with E-state index in [1.807, 2.05) is 0 Å². The van der Waals surface area contributed by atoms with Crippen LogP contribution in [-0.4, -0.2) is 23.0 Å². The van der Waals surface area contributed by atoms with Gasteiger partial charge in [0.1, 0.15) is 0 Å². The van der Waals surface area contributed by atoms with Crippen molar-refractivity contribution in [3.05, 3.63) is 0 Å². The molecular formula is C14H21NO3. The first-order valence-electron chi connectivity index (χ1n) is 7.21. The number of carboxylic acid groups (broad SMARTS) is 1. The van der Waals surface area contributed by atoms with Gasteiger partial charge in [0.2, 0.25) is 5.91 Å². The molecule has 0 aliphatic heterocycles. The van der Waals surface area contributed by atoms with Gasteiger partial charge >= 0.3 is 5.97 Å². The van der Waals surface area contributed by atoms with Crippen LogP contribution in [0.1, 0.15) is 44.9 Å². The number of fused-ring (bicyclic) bond motifs is 1. The zero-order valence-corrected chi connectivity index (χ0v) is 10.6. The smallest absolute Gasteiger partial charge is 0.308 e. The number of carbonyl (C=O) groups excluding carboxylic acids is 1. The Bertz CT molecular complexity index is 356. The van der Waals surface area contributed by atoms with Gasteiger partial charge in [-0.15, -0.1) is 0 Å². The normalized spacial score (nSPS) is 42.1. The zero-order valence-electron chi connectivity index (χ0n) is 10.6. The summed E-state index contributed by atoms with van der Waals surface area (Å²) in [6, 6.07) is -0.127. The van der Waals surface area contributed by atoms with Gasteiger partial charge in [0.25, 0.3) is 0 Å². The van der Waals surface area contributed by atoms with Gasteiger partial charge in [-0.1, -0.05) is 19.3 Å². The number of rotatable bonds is 3. The minimum Gasteiger partial charge on any atom is -0.481 e. The van der Waals surface area contributed by atoms with Crippen LogP contribution in [0.2, 0.25) is 0 Å². The van der Waals surface area contributed by atoms with Crippen molar-refractivity contribution < 1.29 is 14.7 Å². The molecule has 4 heteroatoms. The summed E-state index contributed by atoms with van der Waals surface area (Å²) in [5.41, 5.74) is 0. The fourth-order valence-corrected chi connectivity index (χ4v) is 4.09.